The monoisotopic (exact) mass is 111 g/mol. The van der Waals surface area contributed by atoms with Crippen LogP contribution in [0.15, 0.2) is 12.8 Å². The van der Waals surface area contributed by atoms with Crippen LogP contribution in [0.25, 0.3) is 0 Å². The van der Waals surface area contributed by atoms with Gasteiger partial charge in [-0.15, -0.1) is 0 Å². The maximum atomic E-state index is 3.62. The Morgan fingerprint density at radius 3 is 2.38 bits per heavy atom. The molecule has 0 amide bonds. The normalized spacial score (nSPS) is 23.6. The van der Waals surface area contributed by atoms with E-state index in [1.54, 1.807) is 6.20 Å². The second kappa shape index (κ2) is 1.81. The van der Waals surface area contributed by atoms with Gasteiger partial charge in [-0.1, -0.05) is 6.58 Å². The SMILES string of the molecule is C=CNC1(C)CCC1. The molecule has 0 spiro atoms. The second-order valence-corrected chi connectivity index (χ2v) is 2.76. The fourth-order valence-corrected chi connectivity index (χ4v) is 1.10. The Kier molecular flexibility index (Phi) is 1.28. The zero-order chi connectivity index (χ0) is 6.04. The zero-order valence-corrected chi connectivity index (χ0v) is 5.41. The lowest BCUT2D eigenvalue weighted by Gasteiger charge is -2.38. The van der Waals surface area contributed by atoms with Gasteiger partial charge in [-0.05, 0) is 32.4 Å². The quantitative estimate of drug-likeness (QED) is 0.571. The summed E-state index contributed by atoms with van der Waals surface area (Å²) < 4.78 is 0. The van der Waals surface area contributed by atoms with E-state index in [1.165, 1.54) is 19.3 Å². The van der Waals surface area contributed by atoms with E-state index in [0.717, 1.165) is 0 Å². The molecule has 1 N–H and O–H groups in total. The molecular weight excluding hydrogens is 98.1 g/mol. The van der Waals surface area contributed by atoms with Crippen molar-refractivity contribution in [3.05, 3.63) is 12.8 Å². The average Bonchev–Trinajstić information content (AvgIpc) is 1.64. The Bertz CT molecular complexity index is 92.6. The molecule has 0 atom stereocenters. The highest BCUT2D eigenvalue weighted by molar-refractivity contribution is 4.94. The molecule has 1 saturated carbocycles. The Hall–Kier alpha value is -0.460. The van der Waals surface area contributed by atoms with Crippen LogP contribution in [-0.2, 0) is 0 Å². The topological polar surface area (TPSA) is 12.0 Å². The van der Waals surface area contributed by atoms with Crippen molar-refractivity contribution >= 4 is 0 Å². The largest absolute Gasteiger partial charge is 0.386 e. The molecular formula is C7H13N. The van der Waals surface area contributed by atoms with Gasteiger partial charge in [0.2, 0.25) is 0 Å². The maximum absolute atomic E-state index is 3.62. The van der Waals surface area contributed by atoms with Gasteiger partial charge in [-0.3, -0.25) is 0 Å². The second-order valence-electron chi connectivity index (χ2n) is 2.76. The van der Waals surface area contributed by atoms with Gasteiger partial charge < -0.3 is 5.32 Å². The van der Waals surface area contributed by atoms with E-state index >= 15 is 0 Å². The highest BCUT2D eigenvalue weighted by Crippen LogP contribution is 2.30. The van der Waals surface area contributed by atoms with Gasteiger partial charge in [0, 0.05) is 5.54 Å². The first kappa shape index (κ1) is 5.67. The molecule has 0 aromatic rings. The van der Waals surface area contributed by atoms with E-state index in [0.29, 0.717) is 5.54 Å². The summed E-state index contributed by atoms with van der Waals surface area (Å²) >= 11 is 0. The van der Waals surface area contributed by atoms with Crippen molar-refractivity contribution in [3.8, 4) is 0 Å². The van der Waals surface area contributed by atoms with Crippen molar-refractivity contribution in [3.63, 3.8) is 0 Å². The van der Waals surface area contributed by atoms with Crippen LogP contribution in [0.1, 0.15) is 26.2 Å². The summed E-state index contributed by atoms with van der Waals surface area (Å²) in [5, 5.41) is 3.22. The minimum atomic E-state index is 0.405. The van der Waals surface area contributed by atoms with Gasteiger partial charge in [0.05, 0.1) is 0 Å². The molecule has 46 valence electrons. The van der Waals surface area contributed by atoms with Gasteiger partial charge >= 0.3 is 0 Å². The maximum Gasteiger partial charge on any atom is 0.0340 e. The molecule has 1 aliphatic carbocycles. The summed E-state index contributed by atoms with van der Waals surface area (Å²) in [5.74, 6) is 0. The Morgan fingerprint density at radius 2 is 2.25 bits per heavy atom. The van der Waals surface area contributed by atoms with Crippen LogP contribution in [0.3, 0.4) is 0 Å². The molecule has 8 heavy (non-hydrogen) atoms. The molecule has 1 heteroatoms. The van der Waals surface area contributed by atoms with Crippen LogP contribution in [0.4, 0.5) is 0 Å². The molecule has 0 saturated heterocycles. The van der Waals surface area contributed by atoms with E-state index in [9.17, 15) is 0 Å². The molecule has 0 aromatic heterocycles. The van der Waals surface area contributed by atoms with Crippen LogP contribution < -0.4 is 5.32 Å². The number of hydrogen-bond donors (Lipinski definition) is 1. The highest BCUT2D eigenvalue weighted by Gasteiger charge is 2.29. The fourth-order valence-electron chi connectivity index (χ4n) is 1.10. The van der Waals surface area contributed by atoms with E-state index in [-0.39, 0.29) is 0 Å². The molecule has 0 heterocycles. The van der Waals surface area contributed by atoms with Gasteiger partial charge in [0.1, 0.15) is 0 Å². The predicted octanol–water partition coefficient (Wildman–Crippen LogP) is 1.66. The van der Waals surface area contributed by atoms with Crippen LogP contribution in [0, 0.1) is 0 Å². The predicted molar refractivity (Wildman–Crippen MR) is 35.6 cm³/mol. The van der Waals surface area contributed by atoms with Crippen LogP contribution in [-0.4, -0.2) is 5.54 Å². The Balaban J connectivity index is 2.29. The summed E-state index contributed by atoms with van der Waals surface area (Å²) in [6.07, 6.45) is 5.77. The van der Waals surface area contributed by atoms with Crippen molar-refractivity contribution in [2.24, 2.45) is 0 Å². The van der Waals surface area contributed by atoms with Gasteiger partial charge in [0.25, 0.3) is 0 Å². The lowest BCUT2D eigenvalue weighted by atomic mass is 9.79. The number of hydrogen-bond acceptors (Lipinski definition) is 1. The Morgan fingerprint density at radius 1 is 1.62 bits per heavy atom. The van der Waals surface area contributed by atoms with Gasteiger partial charge in [-0.2, -0.15) is 0 Å². The van der Waals surface area contributed by atoms with Crippen molar-refractivity contribution in [2.75, 3.05) is 0 Å². The summed E-state index contributed by atoms with van der Waals surface area (Å²) in [4.78, 5) is 0. The first-order chi connectivity index (χ1) is 3.77. The third-order valence-corrected chi connectivity index (χ3v) is 1.91. The summed E-state index contributed by atoms with van der Waals surface area (Å²) in [6.45, 7) is 5.85. The molecule has 1 aliphatic rings. The highest BCUT2D eigenvalue weighted by atomic mass is 15.0. The molecule has 0 aromatic carbocycles. The molecule has 0 aliphatic heterocycles. The minimum absolute atomic E-state index is 0.405. The van der Waals surface area contributed by atoms with Crippen molar-refractivity contribution < 1.29 is 0 Å². The molecule has 0 unspecified atom stereocenters. The van der Waals surface area contributed by atoms with Crippen LogP contribution in [0.5, 0.6) is 0 Å². The molecule has 1 nitrogen and oxygen atoms in total. The van der Waals surface area contributed by atoms with Crippen molar-refractivity contribution in [2.45, 2.75) is 31.7 Å². The third kappa shape index (κ3) is 0.857. The first-order valence-corrected chi connectivity index (χ1v) is 3.15. The molecule has 0 radical (unpaired) electrons. The van der Waals surface area contributed by atoms with E-state index in [1.807, 2.05) is 0 Å². The van der Waals surface area contributed by atoms with Crippen LogP contribution in [0.2, 0.25) is 0 Å². The summed E-state index contributed by atoms with van der Waals surface area (Å²) in [7, 11) is 0. The van der Waals surface area contributed by atoms with E-state index < -0.39 is 0 Å². The van der Waals surface area contributed by atoms with E-state index in [4.69, 9.17) is 0 Å². The summed E-state index contributed by atoms with van der Waals surface area (Å²) in [6, 6.07) is 0. The van der Waals surface area contributed by atoms with Crippen LogP contribution >= 0.6 is 0 Å². The fraction of sp³-hybridized carbons (Fsp3) is 0.714. The number of nitrogens with one attached hydrogen (secondary N) is 1. The molecule has 1 rings (SSSR count). The standard InChI is InChI=1S/C7H13N/c1-3-8-7(2)5-4-6-7/h3,8H,1,4-6H2,2H3. The van der Waals surface area contributed by atoms with Crippen molar-refractivity contribution in [1.82, 2.24) is 5.32 Å². The zero-order valence-electron chi connectivity index (χ0n) is 5.41. The lowest BCUT2D eigenvalue weighted by Crippen LogP contribution is -2.45. The van der Waals surface area contributed by atoms with Gasteiger partial charge in [-0.25, -0.2) is 0 Å². The smallest absolute Gasteiger partial charge is 0.0340 e. The average molecular weight is 111 g/mol. The van der Waals surface area contributed by atoms with Crippen molar-refractivity contribution in [1.29, 1.82) is 0 Å². The van der Waals surface area contributed by atoms with E-state index in [2.05, 4.69) is 18.8 Å². The number of rotatable bonds is 2. The minimum Gasteiger partial charge on any atom is -0.386 e. The molecule has 0 bridgehead atoms. The summed E-state index contributed by atoms with van der Waals surface area (Å²) in [5.41, 5.74) is 0.405. The third-order valence-electron chi connectivity index (χ3n) is 1.91. The molecule has 1 fully saturated rings. The van der Waals surface area contributed by atoms with Gasteiger partial charge in [0.15, 0.2) is 0 Å². The lowest BCUT2D eigenvalue weighted by molar-refractivity contribution is 0.235. The first-order valence-electron chi connectivity index (χ1n) is 3.15. The Labute approximate surface area is 50.8 Å².